The van der Waals surface area contributed by atoms with E-state index < -0.39 is 0 Å². The van der Waals surface area contributed by atoms with Gasteiger partial charge in [-0.25, -0.2) is 4.98 Å². The van der Waals surface area contributed by atoms with Gasteiger partial charge < -0.3 is 5.73 Å². The molecule has 17 heavy (non-hydrogen) atoms. The van der Waals surface area contributed by atoms with E-state index in [1.165, 1.54) is 25.1 Å². The lowest BCUT2D eigenvalue weighted by Gasteiger charge is -2.37. The summed E-state index contributed by atoms with van der Waals surface area (Å²) in [4.78, 5) is 7.02. The third-order valence-electron chi connectivity index (χ3n) is 3.40. The quantitative estimate of drug-likeness (QED) is 0.921. The summed E-state index contributed by atoms with van der Waals surface area (Å²) in [6, 6.07) is 0.547. The number of thiazole rings is 1. The van der Waals surface area contributed by atoms with E-state index in [0.717, 1.165) is 24.0 Å². The van der Waals surface area contributed by atoms with E-state index in [1.807, 2.05) is 0 Å². The first-order valence-electron chi connectivity index (χ1n) is 6.04. The molecule has 0 spiro atoms. The minimum atomic E-state index is 0. The molecular weight excluding hydrogens is 254 g/mol. The van der Waals surface area contributed by atoms with Crippen molar-refractivity contribution in [3.8, 4) is 0 Å². The number of nitrogens with two attached hydrogens (primary N) is 1. The van der Waals surface area contributed by atoms with Crippen LogP contribution in [-0.2, 0) is 6.54 Å². The zero-order chi connectivity index (χ0) is 11.5. The molecule has 0 saturated carbocycles. The third kappa shape index (κ3) is 3.91. The molecule has 1 aliphatic rings. The molecule has 2 atom stereocenters. The number of halogens is 1. The van der Waals surface area contributed by atoms with Gasteiger partial charge in [0.25, 0.3) is 0 Å². The maximum atomic E-state index is 5.86. The fourth-order valence-corrected chi connectivity index (χ4v) is 3.05. The van der Waals surface area contributed by atoms with Crippen molar-refractivity contribution in [2.75, 3.05) is 13.1 Å². The topological polar surface area (TPSA) is 42.2 Å². The normalized spacial score (nSPS) is 25.6. The smallest absolute Gasteiger partial charge is 0.0897 e. The van der Waals surface area contributed by atoms with E-state index in [2.05, 4.69) is 29.1 Å². The Balaban J connectivity index is 0.00000144. The van der Waals surface area contributed by atoms with Crippen LogP contribution in [0.3, 0.4) is 0 Å². The molecule has 0 amide bonds. The number of aryl methyl sites for hydroxylation is 1. The van der Waals surface area contributed by atoms with Gasteiger partial charge in [-0.1, -0.05) is 6.92 Å². The molecule has 2 heterocycles. The predicted octanol–water partition coefficient (Wildman–Crippen LogP) is 2.43. The molecule has 1 fully saturated rings. The molecule has 98 valence electrons. The number of nitrogens with zero attached hydrogens (tertiary/aromatic N) is 2. The highest BCUT2D eigenvalue weighted by molar-refractivity contribution is 7.09. The minimum absolute atomic E-state index is 0. The molecule has 5 heteroatoms. The summed E-state index contributed by atoms with van der Waals surface area (Å²) in [7, 11) is 0. The number of aromatic nitrogens is 1. The summed E-state index contributed by atoms with van der Waals surface area (Å²) < 4.78 is 0. The second kappa shape index (κ2) is 6.69. The second-order valence-electron chi connectivity index (χ2n) is 4.85. The van der Waals surface area contributed by atoms with Crippen molar-refractivity contribution in [1.82, 2.24) is 9.88 Å². The average Bonchev–Trinajstić information content (AvgIpc) is 2.67. The van der Waals surface area contributed by atoms with Crippen LogP contribution in [0.25, 0.3) is 0 Å². The predicted molar refractivity (Wildman–Crippen MR) is 75.7 cm³/mol. The Morgan fingerprint density at radius 3 is 2.94 bits per heavy atom. The average molecular weight is 276 g/mol. The zero-order valence-electron chi connectivity index (χ0n) is 10.6. The van der Waals surface area contributed by atoms with E-state index >= 15 is 0 Å². The lowest BCUT2D eigenvalue weighted by Crippen LogP contribution is -2.45. The molecule has 0 aliphatic carbocycles. The van der Waals surface area contributed by atoms with Crippen LogP contribution in [0.2, 0.25) is 0 Å². The van der Waals surface area contributed by atoms with E-state index in [0.29, 0.717) is 6.04 Å². The molecule has 0 aromatic carbocycles. The van der Waals surface area contributed by atoms with Crippen molar-refractivity contribution < 1.29 is 0 Å². The Morgan fingerprint density at radius 2 is 2.35 bits per heavy atom. The van der Waals surface area contributed by atoms with Crippen molar-refractivity contribution in [3.05, 3.63) is 16.1 Å². The fraction of sp³-hybridized carbons (Fsp3) is 0.750. The molecule has 1 aliphatic heterocycles. The lowest BCUT2D eigenvalue weighted by atomic mass is 9.92. The van der Waals surface area contributed by atoms with Gasteiger partial charge in [0.2, 0.25) is 0 Å². The van der Waals surface area contributed by atoms with Gasteiger partial charge in [-0.15, -0.1) is 23.7 Å². The molecular formula is C12H22ClN3S. The third-order valence-corrected chi connectivity index (χ3v) is 4.23. The maximum absolute atomic E-state index is 5.86. The Morgan fingerprint density at radius 1 is 1.59 bits per heavy atom. The molecule has 1 aromatic rings. The van der Waals surface area contributed by atoms with Gasteiger partial charge in [-0.05, 0) is 32.2 Å². The van der Waals surface area contributed by atoms with Crippen LogP contribution in [0, 0.1) is 12.8 Å². The molecule has 0 radical (unpaired) electrons. The number of hydrogen-bond acceptors (Lipinski definition) is 4. The van der Waals surface area contributed by atoms with Gasteiger partial charge >= 0.3 is 0 Å². The molecule has 0 bridgehead atoms. The second-order valence-corrected chi connectivity index (χ2v) is 5.91. The van der Waals surface area contributed by atoms with E-state index in [9.17, 15) is 0 Å². The Kier molecular flexibility index (Phi) is 5.86. The fourth-order valence-electron chi connectivity index (χ4n) is 2.44. The largest absolute Gasteiger partial charge is 0.329 e. The van der Waals surface area contributed by atoms with Crippen LogP contribution in [0.1, 0.15) is 30.5 Å². The van der Waals surface area contributed by atoms with E-state index in [4.69, 9.17) is 5.73 Å². The minimum Gasteiger partial charge on any atom is -0.329 e. The lowest BCUT2D eigenvalue weighted by molar-refractivity contribution is 0.114. The summed E-state index contributed by atoms with van der Waals surface area (Å²) in [6.45, 7) is 7.30. The van der Waals surface area contributed by atoms with Crippen molar-refractivity contribution in [3.63, 3.8) is 0 Å². The Labute approximate surface area is 114 Å². The first-order chi connectivity index (χ1) is 7.69. The maximum Gasteiger partial charge on any atom is 0.0897 e. The highest BCUT2D eigenvalue weighted by atomic mass is 35.5. The van der Waals surface area contributed by atoms with Crippen molar-refractivity contribution in [1.29, 1.82) is 0 Å². The molecule has 2 rings (SSSR count). The SMILES string of the molecule is Cc1nc(CN2CCC(C)CC2CN)cs1.Cl. The number of rotatable bonds is 3. The zero-order valence-corrected chi connectivity index (χ0v) is 12.2. The van der Waals surface area contributed by atoms with Gasteiger partial charge in [0.1, 0.15) is 0 Å². The van der Waals surface area contributed by atoms with Crippen LogP contribution in [-0.4, -0.2) is 29.0 Å². The van der Waals surface area contributed by atoms with E-state index in [1.54, 1.807) is 11.3 Å². The van der Waals surface area contributed by atoms with E-state index in [-0.39, 0.29) is 12.4 Å². The van der Waals surface area contributed by atoms with Gasteiger partial charge in [-0.2, -0.15) is 0 Å². The molecule has 3 nitrogen and oxygen atoms in total. The summed E-state index contributed by atoms with van der Waals surface area (Å²) in [5.41, 5.74) is 7.06. The Bertz CT molecular complexity index is 342. The van der Waals surface area contributed by atoms with Crippen LogP contribution < -0.4 is 5.73 Å². The molecule has 2 N–H and O–H groups in total. The summed E-state index contributed by atoms with van der Waals surface area (Å²) in [6.07, 6.45) is 2.53. The highest BCUT2D eigenvalue weighted by Gasteiger charge is 2.25. The number of piperidine rings is 1. The summed E-state index contributed by atoms with van der Waals surface area (Å²) in [5, 5.41) is 3.32. The van der Waals surface area contributed by atoms with Crippen molar-refractivity contribution in [2.45, 2.75) is 39.3 Å². The van der Waals surface area contributed by atoms with Gasteiger partial charge in [-0.3, -0.25) is 4.90 Å². The van der Waals surface area contributed by atoms with Gasteiger partial charge in [0, 0.05) is 24.5 Å². The molecule has 1 saturated heterocycles. The molecule has 2 unspecified atom stereocenters. The highest BCUT2D eigenvalue weighted by Crippen LogP contribution is 2.23. The summed E-state index contributed by atoms with van der Waals surface area (Å²) >= 11 is 1.73. The standard InChI is InChI=1S/C12H21N3S.ClH/c1-9-3-4-15(12(5-9)6-13)7-11-8-16-10(2)14-11;/h8-9,12H,3-7,13H2,1-2H3;1H. The molecule has 1 aromatic heterocycles. The van der Waals surface area contributed by atoms with Gasteiger partial charge in [0.05, 0.1) is 10.7 Å². The van der Waals surface area contributed by atoms with Crippen LogP contribution in [0.5, 0.6) is 0 Å². The summed E-state index contributed by atoms with van der Waals surface area (Å²) in [5.74, 6) is 0.821. The van der Waals surface area contributed by atoms with Gasteiger partial charge in [0.15, 0.2) is 0 Å². The van der Waals surface area contributed by atoms with Crippen LogP contribution in [0.4, 0.5) is 0 Å². The monoisotopic (exact) mass is 275 g/mol. The Hall–Kier alpha value is -0.160. The van der Waals surface area contributed by atoms with Crippen LogP contribution in [0.15, 0.2) is 5.38 Å². The van der Waals surface area contributed by atoms with Crippen LogP contribution >= 0.6 is 23.7 Å². The number of hydrogen-bond donors (Lipinski definition) is 1. The van der Waals surface area contributed by atoms with Crippen molar-refractivity contribution in [2.24, 2.45) is 11.7 Å². The first kappa shape index (κ1) is 14.9. The van der Waals surface area contributed by atoms with Crippen molar-refractivity contribution >= 4 is 23.7 Å². The number of likely N-dealkylation sites (tertiary alicyclic amines) is 1. The first-order valence-corrected chi connectivity index (χ1v) is 6.92.